The second-order valence-corrected chi connectivity index (χ2v) is 5.74. The van der Waals surface area contributed by atoms with E-state index in [0.29, 0.717) is 17.4 Å². The molecule has 0 saturated heterocycles. The summed E-state index contributed by atoms with van der Waals surface area (Å²) in [5.74, 6) is 1.31. The van der Waals surface area contributed by atoms with E-state index in [9.17, 15) is 4.79 Å². The summed E-state index contributed by atoms with van der Waals surface area (Å²) >= 11 is 0. The van der Waals surface area contributed by atoms with E-state index in [4.69, 9.17) is 0 Å². The van der Waals surface area contributed by atoms with Gasteiger partial charge in [-0.05, 0) is 48.9 Å². The van der Waals surface area contributed by atoms with Crippen molar-refractivity contribution < 1.29 is 4.79 Å². The summed E-state index contributed by atoms with van der Waals surface area (Å²) in [4.78, 5) is 12.2. The van der Waals surface area contributed by atoms with Gasteiger partial charge in [0.1, 0.15) is 0 Å². The van der Waals surface area contributed by atoms with E-state index in [1.54, 1.807) is 12.1 Å². The summed E-state index contributed by atoms with van der Waals surface area (Å²) in [6.45, 7) is 2.27. The topological polar surface area (TPSA) is 83.6 Å². The van der Waals surface area contributed by atoms with E-state index >= 15 is 0 Å². The molecule has 1 heterocycles. The van der Waals surface area contributed by atoms with Crippen LogP contribution in [0.3, 0.4) is 0 Å². The lowest BCUT2D eigenvalue weighted by Crippen LogP contribution is -2.37. The van der Waals surface area contributed by atoms with Crippen LogP contribution in [0.4, 0.5) is 0 Å². The van der Waals surface area contributed by atoms with Crippen LogP contribution in [-0.2, 0) is 0 Å². The Balaban J connectivity index is 1.62. The Morgan fingerprint density at radius 1 is 1.19 bits per heavy atom. The molecule has 6 nitrogen and oxygen atoms in total. The number of carbonyl (C=O) groups is 1. The van der Waals surface area contributed by atoms with Gasteiger partial charge in [0.15, 0.2) is 0 Å². The second-order valence-electron chi connectivity index (χ2n) is 5.74. The predicted octanol–water partition coefficient (Wildman–Crippen LogP) is 2.18. The fourth-order valence-corrected chi connectivity index (χ4v) is 2.73. The van der Waals surface area contributed by atoms with Crippen LogP contribution in [-0.4, -0.2) is 32.6 Å². The van der Waals surface area contributed by atoms with E-state index in [2.05, 4.69) is 32.9 Å². The van der Waals surface area contributed by atoms with Crippen LogP contribution in [0.25, 0.3) is 11.4 Å². The lowest BCUT2D eigenvalue weighted by molar-refractivity contribution is 0.0923. The van der Waals surface area contributed by atoms with E-state index < -0.39 is 0 Å². The summed E-state index contributed by atoms with van der Waals surface area (Å²) in [6.07, 6.45) is 4.55. The SMILES string of the molecule is CC1CCC(NC(=O)c2ccc(-c3nn[nH]n3)cc2)CC1. The maximum Gasteiger partial charge on any atom is 0.251 e. The van der Waals surface area contributed by atoms with Crippen LogP contribution in [0, 0.1) is 5.92 Å². The second kappa shape index (κ2) is 6.03. The van der Waals surface area contributed by atoms with E-state index in [1.807, 2.05) is 12.1 Å². The van der Waals surface area contributed by atoms with E-state index in [-0.39, 0.29) is 5.91 Å². The molecule has 3 rings (SSSR count). The van der Waals surface area contributed by atoms with Gasteiger partial charge in [-0.25, -0.2) is 0 Å². The molecule has 21 heavy (non-hydrogen) atoms. The monoisotopic (exact) mass is 285 g/mol. The van der Waals surface area contributed by atoms with Crippen molar-refractivity contribution in [2.24, 2.45) is 5.92 Å². The first-order valence-electron chi connectivity index (χ1n) is 7.37. The number of tetrazole rings is 1. The number of benzene rings is 1. The zero-order valence-electron chi connectivity index (χ0n) is 12.0. The molecule has 6 heteroatoms. The third-order valence-corrected chi connectivity index (χ3v) is 4.10. The molecule has 0 radical (unpaired) electrons. The van der Waals surface area contributed by atoms with Crippen LogP contribution in [0.15, 0.2) is 24.3 Å². The lowest BCUT2D eigenvalue weighted by atomic mass is 9.87. The number of H-pyrrole nitrogens is 1. The van der Waals surface area contributed by atoms with E-state index in [0.717, 1.165) is 24.3 Å². The smallest absolute Gasteiger partial charge is 0.251 e. The van der Waals surface area contributed by atoms with Gasteiger partial charge in [-0.2, -0.15) is 5.21 Å². The van der Waals surface area contributed by atoms with Crippen molar-refractivity contribution in [3.05, 3.63) is 29.8 Å². The van der Waals surface area contributed by atoms with Gasteiger partial charge >= 0.3 is 0 Å². The number of carbonyl (C=O) groups excluding carboxylic acids is 1. The molecular formula is C15H19N5O. The third kappa shape index (κ3) is 3.26. The van der Waals surface area contributed by atoms with Crippen LogP contribution in [0.5, 0.6) is 0 Å². The maximum atomic E-state index is 12.2. The van der Waals surface area contributed by atoms with Gasteiger partial charge in [-0.1, -0.05) is 19.1 Å². The number of hydrogen-bond acceptors (Lipinski definition) is 4. The van der Waals surface area contributed by atoms with Gasteiger partial charge in [0.05, 0.1) is 0 Å². The van der Waals surface area contributed by atoms with Crippen molar-refractivity contribution in [2.45, 2.75) is 38.6 Å². The molecule has 110 valence electrons. The Kier molecular flexibility index (Phi) is 3.94. The van der Waals surface area contributed by atoms with E-state index in [1.165, 1.54) is 12.8 Å². The number of aromatic amines is 1. The molecule has 1 saturated carbocycles. The predicted molar refractivity (Wildman–Crippen MR) is 78.5 cm³/mol. The molecule has 0 bridgehead atoms. The Labute approximate surface area is 123 Å². The normalized spacial score (nSPS) is 22.0. The van der Waals surface area contributed by atoms with Crippen molar-refractivity contribution in [1.29, 1.82) is 0 Å². The number of aromatic nitrogens is 4. The highest BCUT2D eigenvalue weighted by molar-refractivity contribution is 5.94. The molecule has 0 spiro atoms. The first-order chi connectivity index (χ1) is 10.2. The molecule has 0 atom stereocenters. The molecular weight excluding hydrogens is 266 g/mol. The number of amides is 1. The Morgan fingerprint density at radius 3 is 2.52 bits per heavy atom. The first kappa shape index (κ1) is 13.7. The molecule has 1 aliphatic rings. The van der Waals surface area contributed by atoms with Gasteiger partial charge in [0.25, 0.3) is 5.91 Å². The minimum absolute atomic E-state index is 0.00536. The molecule has 2 N–H and O–H groups in total. The van der Waals surface area contributed by atoms with Crippen molar-refractivity contribution >= 4 is 5.91 Å². The van der Waals surface area contributed by atoms with Crippen molar-refractivity contribution in [2.75, 3.05) is 0 Å². The quantitative estimate of drug-likeness (QED) is 0.905. The lowest BCUT2D eigenvalue weighted by Gasteiger charge is -2.26. The zero-order valence-corrected chi connectivity index (χ0v) is 12.0. The average Bonchev–Trinajstić information content (AvgIpc) is 3.04. The average molecular weight is 285 g/mol. The van der Waals surface area contributed by atoms with Crippen LogP contribution < -0.4 is 5.32 Å². The minimum Gasteiger partial charge on any atom is -0.349 e. The summed E-state index contributed by atoms with van der Waals surface area (Å²) in [6, 6.07) is 7.58. The van der Waals surface area contributed by atoms with Crippen molar-refractivity contribution in [3.63, 3.8) is 0 Å². The molecule has 2 aromatic rings. The zero-order chi connectivity index (χ0) is 14.7. The standard InChI is InChI=1S/C15H19N5O/c1-10-2-8-13(9-3-10)16-15(21)12-6-4-11(5-7-12)14-17-19-20-18-14/h4-7,10,13H,2-3,8-9H2,1H3,(H,16,21)(H,17,18,19,20). The summed E-state index contributed by atoms with van der Waals surface area (Å²) in [5.41, 5.74) is 1.51. The fraction of sp³-hybridized carbons (Fsp3) is 0.467. The Bertz CT molecular complexity index is 585. The van der Waals surface area contributed by atoms with Gasteiger partial charge < -0.3 is 5.32 Å². The maximum absolute atomic E-state index is 12.2. The van der Waals surface area contributed by atoms with Gasteiger partial charge in [-0.15, -0.1) is 10.2 Å². The molecule has 1 aliphatic carbocycles. The largest absolute Gasteiger partial charge is 0.349 e. The summed E-state index contributed by atoms with van der Waals surface area (Å²) in [5, 5.41) is 16.9. The highest BCUT2D eigenvalue weighted by Gasteiger charge is 2.20. The minimum atomic E-state index is -0.00536. The van der Waals surface area contributed by atoms with Gasteiger partial charge in [0, 0.05) is 17.2 Å². The Morgan fingerprint density at radius 2 is 1.90 bits per heavy atom. The molecule has 1 aromatic carbocycles. The molecule has 0 aliphatic heterocycles. The van der Waals surface area contributed by atoms with Crippen LogP contribution in [0.2, 0.25) is 0 Å². The first-order valence-corrected chi connectivity index (χ1v) is 7.37. The fourth-order valence-electron chi connectivity index (χ4n) is 2.73. The summed E-state index contributed by atoms with van der Waals surface area (Å²) < 4.78 is 0. The van der Waals surface area contributed by atoms with Crippen LogP contribution in [0.1, 0.15) is 43.0 Å². The molecule has 1 aromatic heterocycles. The highest BCUT2D eigenvalue weighted by atomic mass is 16.1. The molecule has 1 fully saturated rings. The highest BCUT2D eigenvalue weighted by Crippen LogP contribution is 2.23. The third-order valence-electron chi connectivity index (χ3n) is 4.10. The van der Waals surface area contributed by atoms with Crippen LogP contribution >= 0.6 is 0 Å². The summed E-state index contributed by atoms with van der Waals surface area (Å²) in [7, 11) is 0. The van der Waals surface area contributed by atoms with Gasteiger partial charge in [0.2, 0.25) is 5.82 Å². The molecule has 0 unspecified atom stereocenters. The van der Waals surface area contributed by atoms with Crippen molar-refractivity contribution in [1.82, 2.24) is 25.9 Å². The van der Waals surface area contributed by atoms with Gasteiger partial charge in [-0.3, -0.25) is 4.79 Å². The van der Waals surface area contributed by atoms with Crippen molar-refractivity contribution in [3.8, 4) is 11.4 Å². The number of nitrogens with zero attached hydrogens (tertiary/aromatic N) is 3. The molecule has 1 amide bonds. The number of hydrogen-bond donors (Lipinski definition) is 2. The number of rotatable bonds is 3. The number of nitrogens with one attached hydrogen (secondary N) is 2. The Hall–Kier alpha value is -2.24.